The zero-order valence-corrected chi connectivity index (χ0v) is 15.9. The predicted octanol–water partition coefficient (Wildman–Crippen LogP) is 3.14. The van der Waals surface area contributed by atoms with Crippen molar-refractivity contribution in [2.45, 2.75) is 19.1 Å². The van der Waals surface area contributed by atoms with E-state index in [1.807, 2.05) is 0 Å². The second-order valence-electron chi connectivity index (χ2n) is 6.44. The SMILES string of the molecule is COc1ccc(OCCN2C(=O)N[C@](C)(c3ccc(OC(F)F)cc3)C2=O)cc1. The van der Waals surface area contributed by atoms with Crippen molar-refractivity contribution in [3.63, 3.8) is 0 Å². The number of urea groups is 1. The molecule has 0 aliphatic carbocycles. The average molecular weight is 406 g/mol. The zero-order valence-electron chi connectivity index (χ0n) is 15.9. The zero-order chi connectivity index (χ0) is 21.0. The topological polar surface area (TPSA) is 77.1 Å². The largest absolute Gasteiger partial charge is 0.497 e. The number of methoxy groups -OCH3 is 1. The molecule has 0 unspecified atom stereocenters. The fourth-order valence-electron chi connectivity index (χ4n) is 2.99. The first-order valence-electron chi connectivity index (χ1n) is 8.80. The number of hydrogen-bond donors (Lipinski definition) is 1. The first kappa shape index (κ1) is 20.4. The molecule has 3 amide bonds. The van der Waals surface area contributed by atoms with Crippen LogP contribution in [-0.4, -0.2) is 43.7 Å². The molecule has 1 atom stereocenters. The normalized spacial score (nSPS) is 18.7. The summed E-state index contributed by atoms with van der Waals surface area (Å²) in [5.41, 5.74) is -0.850. The number of rotatable bonds is 8. The lowest BCUT2D eigenvalue weighted by molar-refractivity contribution is -0.131. The summed E-state index contributed by atoms with van der Waals surface area (Å²) in [6, 6.07) is 11.9. The van der Waals surface area contributed by atoms with Crippen molar-refractivity contribution in [2.24, 2.45) is 0 Å². The van der Waals surface area contributed by atoms with Gasteiger partial charge in [-0.1, -0.05) is 12.1 Å². The summed E-state index contributed by atoms with van der Waals surface area (Å²) in [7, 11) is 1.56. The molecule has 29 heavy (non-hydrogen) atoms. The number of alkyl halides is 2. The van der Waals surface area contributed by atoms with Gasteiger partial charge in [0.05, 0.1) is 13.7 Å². The summed E-state index contributed by atoms with van der Waals surface area (Å²) >= 11 is 0. The molecule has 3 rings (SSSR count). The van der Waals surface area contributed by atoms with Crippen LogP contribution in [0.15, 0.2) is 48.5 Å². The van der Waals surface area contributed by atoms with Gasteiger partial charge in [0.15, 0.2) is 0 Å². The van der Waals surface area contributed by atoms with Gasteiger partial charge in [0.25, 0.3) is 5.91 Å². The average Bonchev–Trinajstić information content (AvgIpc) is 2.92. The third-order valence-electron chi connectivity index (χ3n) is 4.57. The lowest BCUT2D eigenvalue weighted by Crippen LogP contribution is -2.41. The number of halogens is 2. The van der Waals surface area contributed by atoms with Crippen molar-refractivity contribution >= 4 is 11.9 Å². The Balaban J connectivity index is 1.63. The number of nitrogens with one attached hydrogen (secondary N) is 1. The van der Waals surface area contributed by atoms with Crippen molar-refractivity contribution in [1.29, 1.82) is 0 Å². The number of benzene rings is 2. The van der Waals surface area contributed by atoms with E-state index in [1.165, 1.54) is 24.3 Å². The molecular formula is C20H20F2N2O5. The van der Waals surface area contributed by atoms with E-state index in [1.54, 1.807) is 38.3 Å². The molecule has 7 nitrogen and oxygen atoms in total. The van der Waals surface area contributed by atoms with Gasteiger partial charge in [0.2, 0.25) is 0 Å². The van der Waals surface area contributed by atoms with Crippen LogP contribution in [0.2, 0.25) is 0 Å². The van der Waals surface area contributed by atoms with Crippen LogP contribution >= 0.6 is 0 Å². The number of nitrogens with zero attached hydrogens (tertiary/aromatic N) is 1. The van der Waals surface area contributed by atoms with E-state index in [9.17, 15) is 18.4 Å². The van der Waals surface area contributed by atoms with Crippen molar-refractivity contribution in [2.75, 3.05) is 20.3 Å². The van der Waals surface area contributed by atoms with E-state index in [2.05, 4.69) is 10.1 Å². The summed E-state index contributed by atoms with van der Waals surface area (Å²) in [6.07, 6.45) is 0. The van der Waals surface area contributed by atoms with Crippen LogP contribution in [0.4, 0.5) is 13.6 Å². The Kier molecular flexibility index (Phi) is 5.86. The molecule has 154 valence electrons. The van der Waals surface area contributed by atoms with Crippen molar-refractivity contribution in [1.82, 2.24) is 10.2 Å². The summed E-state index contributed by atoms with van der Waals surface area (Å²) in [5, 5.41) is 2.65. The van der Waals surface area contributed by atoms with Gasteiger partial charge in [-0.2, -0.15) is 8.78 Å². The second-order valence-corrected chi connectivity index (χ2v) is 6.44. The summed E-state index contributed by atoms with van der Waals surface area (Å²) in [5.74, 6) is 0.777. The standard InChI is InChI=1S/C20H20F2N2O5/c1-20(13-3-5-16(6-4-13)29-18(21)22)17(25)24(19(26)23-20)11-12-28-15-9-7-14(27-2)8-10-15/h3-10,18H,11-12H2,1-2H3,(H,23,26)/t20-/m1/s1. The minimum atomic E-state index is -2.94. The van der Waals surface area contributed by atoms with Crippen LogP contribution in [0, 0.1) is 0 Å². The van der Waals surface area contributed by atoms with Gasteiger partial charge in [-0.3, -0.25) is 9.69 Å². The molecule has 2 aromatic carbocycles. The Morgan fingerprint density at radius 1 is 1.00 bits per heavy atom. The Bertz CT molecular complexity index is 873. The first-order valence-corrected chi connectivity index (χ1v) is 8.80. The van der Waals surface area contributed by atoms with Gasteiger partial charge in [0.1, 0.15) is 29.4 Å². The lowest BCUT2D eigenvalue weighted by atomic mass is 9.92. The molecule has 0 spiro atoms. The minimum Gasteiger partial charge on any atom is -0.497 e. The molecule has 1 saturated heterocycles. The minimum absolute atomic E-state index is 0.0335. The molecule has 9 heteroatoms. The Morgan fingerprint density at radius 3 is 2.17 bits per heavy atom. The highest BCUT2D eigenvalue weighted by atomic mass is 19.3. The van der Waals surface area contributed by atoms with Gasteiger partial charge in [0, 0.05) is 0 Å². The number of ether oxygens (including phenoxy) is 3. The highest BCUT2D eigenvalue weighted by molar-refractivity contribution is 6.07. The van der Waals surface area contributed by atoms with Gasteiger partial charge in [-0.05, 0) is 48.9 Å². The third-order valence-corrected chi connectivity index (χ3v) is 4.57. The molecule has 0 bridgehead atoms. The molecule has 1 N–H and O–H groups in total. The number of amides is 3. The smallest absolute Gasteiger partial charge is 0.387 e. The van der Waals surface area contributed by atoms with Crippen molar-refractivity contribution < 1.29 is 32.6 Å². The molecule has 0 saturated carbocycles. The van der Waals surface area contributed by atoms with Crippen LogP contribution in [-0.2, 0) is 10.3 Å². The highest BCUT2D eigenvalue weighted by Crippen LogP contribution is 2.30. The molecule has 1 aliphatic heterocycles. The van der Waals surface area contributed by atoms with E-state index in [0.29, 0.717) is 17.1 Å². The summed E-state index contributed by atoms with van der Waals surface area (Å²) < 4.78 is 39.5. The Labute approximate surface area is 166 Å². The maximum absolute atomic E-state index is 12.8. The van der Waals surface area contributed by atoms with E-state index in [0.717, 1.165) is 4.90 Å². The molecule has 0 aromatic heterocycles. The maximum atomic E-state index is 12.8. The number of hydrogen-bond acceptors (Lipinski definition) is 5. The lowest BCUT2D eigenvalue weighted by Gasteiger charge is -2.22. The highest BCUT2D eigenvalue weighted by Gasteiger charge is 2.48. The molecule has 1 aliphatic rings. The summed E-state index contributed by atoms with van der Waals surface area (Å²) in [6.45, 7) is -1.22. The fourth-order valence-corrected chi connectivity index (χ4v) is 2.99. The second kappa shape index (κ2) is 8.34. The molecule has 1 fully saturated rings. The van der Waals surface area contributed by atoms with Crippen LogP contribution in [0.3, 0.4) is 0 Å². The molecule has 2 aromatic rings. The number of imide groups is 1. The van der Waals surface area contributed by atoms with Crippen LogP contribution < -0.4 is 19.5 Å². The van der Waals surface area contributed by atoms with E-state index in [-0.39, 0.29) is 18.9 Å². The Morgan fingerprint density at radius 2 is 1.59 bits per heavy atom. The van der Waals surface area contributed by atoms with E-state index < -0.39 is 24.1 Å². The van der Waals surface area contributed by atoms with Gasteiger partial charge < -0.3 is 19.5 Å². The molecule has 1 heterocycles. The quantitative estimate of drug-likeness (QED) is 0.682. The van der Waals surface area contributed by atoms with Crippen molar-refractivity contribution in [3.8, 4) is 17.2 Å². The van der Waals surface area contributed by atoms with Crippen LogP contribution in [0.1, 0.15) is 12.5 Å². The Hall–Kier alpha value is -3.36. The van der Waals surface area contributed by atoms with Gasteiger partial charge >= 0.3 is 12.6 Å². The third kappa shape index (κ3) is 4.39. The van der Waals surface area contributed by atoms with E-state index in [4.69, 9.17) is 9.47 Å². The molecular weight excluding hydrogens is 386 g/mol. The number of carbonyl (C=O) groups is 2. The van der Waals surface area contributed by atoms with E-state index >= 15 is 0 Å². The summed E-state index contributed by atoms with van der Waals surface area (Å²) in [4.78, 5) is 26.2. The first-order chi connectivity index (χ1) is 13.8. The monoisotopic (exact) mass is 406 g/mol. The van der Waals surface area contributed by atoms with Crippen molar-refractivity contribution in [3.05, 3.63) is 54.1 Å². The predicted molar refractivity (Wildman–Crippen MR) is 99.2 cm³/mol. The van der Waals surface area contributed by atoms with Gasteiger partial charge in [-0.25, -0.2) is 4.79 Å². The maximum Gasteiger partial charge on any atom is 0.387 e. The number of carbonyl (C=O) groups excluding carboxylic acids is 2. The van der Waals surface area contributed by atoms with Gasteiger partial charge in [-0.15, -0.1) is 0 Å². The van der Waals surface area contributed by atoms with Crippen LogP contribution in [0.5, 0.6) is 17.2 Å². The molecule has 0 radical (unpaired) electrons. The van der Waals surface area contributed by atoms with Crippen LogP contribution in [0.25, 0.3) is 0 Å². The fraction of sp³-hybridized carbons (Fsp3) is 0.300.